The molecule has 1 aromatic carbocycles. The van der Waals surface area contributed by atoms with Crippen molar-refractivity contribution in [3.63, 3.8) is 0 Å². The third-order valence-corrected chi connectivity index (χ3v) is 5.45. The van der Waals surface area contributed by atoms with Crippen molar-refractivity contribution in [2.75, 3.05) is 13.2 Å². The van der Waals surface area contributed by atoms with Crippen molar-refractivity contribution in [2.24, 2.45) is 5.41 Å². The normalized spacial score (nSPS) is 29.2. The zero-order chi connectivity index (χ0) is 14.7. The topological polar surface area (TPSA) is 21.3 Å². The summed E-state index contributed by atoms with van der Waals surface area (Å²) in [6.07, 6.45) is 8.09. The van der Waals surface area contributed by atoms with E-state index in [1.807, 2.05) is 0 Å². The molecule has 0 aromatic heterocycles. The molecular weight excluding hydrogens is 258 g/mol. The number of rotatable bonds is 2. The lowest BCUT2D eigenvalue weighted by Gasteiger charge is -2.35. The van der Waals surface area contributed by atoms with E-state index in [9.17, 15) is 0 Å². The van der Waals surface area contributed by atoms with Crippen LogP contribution in [-0.4, -0.2) is 19.2 Å². The lowest BCUT2D eigenvalue weighted by atomic mass is 9.74. The minimum absolute atomic E-state index is 0.192. The maximum atomic E-state index is 6.41. The minimum Gasteiger partial charge on any atom is -0.371 e. The van der Waals surface area contributed by atoms with Gasteiger partial charge in [-0.25, -0.2) is 0 Å². The first-order valence-electron chi connectivity index (χ1n) is 8.66. The highest BCUT2D eigenvalue weighted by molar-refractivity contribution is 5.25. The molecule has 0 radical (unpaired) electrons. The number of ether oxygens (including phenoxy) is 1. The Labute approximate surface area is 129 Å². The third kappa shape index (κ3) is 3.32. The van der Waals surface area contributed by atoms with Crippen molar-refractivity contribution in [3.05, 3.63) is 35.4 Å². The smallest absolute Gasteiger partial charge is 0.0975 e. The quantitative estimate of drug-likeness (QED) is 0.878. The van der Waals surface area contributed by atoms with Crippen LogP contribution in [0.3, 0.4) is 0 Å². The van der Waals surface area contributed by atoms with E-state index in [1.54, 1.807) is 0 Å². The summed E-state index contributed by atoms with van der Waals surface area (Å²) >= 11 is 0. The van der Waals surface area contributed by atoms with Crippen LogP contribution in [0, 0.1) is 5.41 Å². The molecule has 116 valence electrons. The standard InChI is InChI=1S/C19H29NO/c1-3-16-7-9-17(10-8-16)18-15(2)20-13-19(14-21-18)11-5-4-6-12-19/h7-10,15,18,20H,3-6,11-14H2,1-2H3. The SMILES string of the molecule is CCc1ccc(C2OCC3(CCCCC3)CNC2C)cc1. The molecule has 2 heteroatoms. The summed E-state index contributed by atoms with van der Waals surface area (Å²) in [5, 5.41) is 3.76. The van der Waals surface area contributed by atoms with Gasteiger partial charge >= 0.3 is 0 Å². The lowest BCUT2D eigenvalue weighted by Crippen LogP contribution is -2.39. The van der Waals surface area contributed by atoms with Crippen molar-refractivity contribution in [1.82, 2.24) is 5.32 Å². The molecule has 0 amide bonds. The molecule has 2 nitrogen and oxygen atoms in total. The van der Waals surface area contributed by atoms with Crippen LogP contribution in [0.4, 0.5) is 0 Å². The van der Waals surface area contributed by atoms with Gasteiger partial charge in [0.15, 0.2) is 0 Å². The van der Waals surface area contributed by atoms with Gasteiger partial charge in [0.2, 0.25) is 0 Å². The van der Waals surface area contributed by atoms with Crippen LogP contribution in [0.15, 0.2) is 24.3 Å². The van der Waals surface area contributed by atoms with E-state index in [1.165, 1.54) is 43.2 Å². The highest BCUT2D eigenvalue weighted by atomic mass is 16.5. The fourth-order valence-corrected chi connectivity index (χ4v) is 3.90. The molecule has 2 fully saturated rings. The summed E-state index contributed by atoms with van der Waals surface area (Å²) in [4.78, 5) is 0. The Kier molecular flexibility index (Phi) is 4.66. The van der Waals surface area contributed by atoms with Gasteiger partial charge < -0.3 is 10.1 Å². The van der Waals surface area contributed by atoms with Crippen molar-refractivity contribution in [3.8, 4) is 0 Å². The van der Waals surface area contributed by atoms with E-state index in [0.29, 0.717) is 11.5 Å². The van der Waals surface area contributed by atoms with E-state index >= 15 is 0 Å². The van der Waals surface area contributed by atoms with Crippen LogP contribution in [0.5, 0.6) is 0 Å². The molecular formula is C19H29NO. The van der Waals surface area contributed by atoms with Crippen molar-refractivity contribution < 1.29 is 4.74 Å². The second kappa shape index (κ2) is 6.50. The van der Waals surface area contributed by atoms with Crippen LogP contribution in [-0.2, 0) is 11.2 Å². The zero-order valence-corrected chi connectivity index (χ0v) is 13.5. The van der Waals surface area contributed by atoms with Gasteiger partial charge in [-0.2, -0.15) is 0 Å². The number of benzene rings is 1. The van der Waals surface area contributed by atoms with Crippen molar-refractivity contribution in [1.29, 1.82) is 0 Å². The molecule has 1 N–H and O–H groups in total. The minimum atomic E-state index is 0.192. The Hall–Kier alpha value is -0.860. The Morgan fingerprint density at radius 1 is 1.14 bits per heavy atom. The molecule has 3 rings (SSSR count). The molecule has 21 heavy (non-hydrogen) atoms. The van der Waals surface area contributed by atoms with E-state index in [0.717, 1.165) is 19.6 Å². The second-order valence-corrected chi connectivity index (χ2v) is 7.06. The van der Waals surface area contributed by atoms with Crippen LogP contribution in [0.1, 0.15) is 63.2 Å². The summed E-state index contributed by atoms with van der Waals surface area (Å²) < 4.78 is 6.41. The van der Waals surface area contributed by atoms with Crippen molar-refractivity contribution in [2.45, 2.75) is 64.5 Å². The number of aryl methyl sites for hydroxylation is 1. The van der Waals surface area contributed by atoms with E-state index in [2.05, 4.69) is 43.4 Å². The van der Waals surface area contributed by atoms with Crippen molar-refractivity contribution >= 4 is 0 Å². The summed E-state index contributed by atoms with van der Waals surface area (Å²) in [7, 11) is 0. The fourth-order valence-electron chi connectivity index (χ4n) is 3.90. The predicted molar refractivity (Wildman–Crippen MR) is 87.5 cm³/mol. The number of hydrogen-bond acceptors (Lipinski definition) is 2. The van der Waals surface area contributed by atoms with Gasteiger partial charge in [-0.05, 0) is 37.3 Å². The van der Waals surface area contributed by atoms with Gasteiger partial charge in [-0.1, -0.05) is 50.5 Å². The number of nitrogens with one attached hydrogen (secondary N) is 1. The molecule has 2 atom stereocenters. The molecule has 1 saturated heterocycles. The first-order chi connectivity index (χ1) is 10.2. The molecule has 0 bridgehead atoms. The Bertz CT molecular complexity index is 447. The predicted octanol–water partition coefficient (Wildman–Crippen LogP) is 4.25. The molecule has 1 spiro atoms. The highest BCUT2D eigenvalue weighted by Crippen LogP contribution is 2.39. The molecule has 1 aromatic rings. The lowest BCUT2D eigenvalue weighted by molar-refractivity contribution is -0.0104. The van der Waals surface area contributed by atoms with Gasteiger partial charge in [0.1, 0.15) is 0 Å². The van der Waals surface area contributed by atoms with E-state index < -0.39 is 0 Å². The Morgan fingerprint density at radius 3 is 2.52 bits per heavy atom. The highest BCUT2D eigenvalue weighted by Gasteiger charge is 2.37. The molecule has 2 unspecified atom stereocenters. The maximum absolute atomic E-state index is 6.41. The third-order valence-electron chi connectivity index (χ3n) is 5.45. The summed E-state index contributed by atoms with van der Waals surface area (Å²) in [5.74, 6) is 0. The molecule has 1 aliphatic heterocycles. The Morgan fingerprint density at radius 2 is 1.86 bits per heavy atom. The van der Waals surface area contributed by atoms with Gasteiger partial charge in [0.25, 0.3) is 0 Å². The molecule has 2 aliphatic rings. The van der Waals surface area contributed by atoms with E-state index in [4.69, 9.17) is 4.74 Å². The fraction of sp³-hybridized carbons (Fsp3) is 0.684. The van der Waals surface area contributed by atoms with Crippen LogP contribution in [0.25, 0.3) is 0 Å². The Balaban J connectivity index is 1.73. The summed E-state index contributed by atoms with van der Waals surface area (Å²) in [5.41, 5.74) is 3.11. The van der Waals surface area contributed by atoms with Gasteiger partial charge in [0.05, 0.1) is 12.7 Å². The first kappa shape index (κ1) is 15.1. The van der Waals surface area contributed by atoms with Gasteiger partial charge in [-0.15, -0.1) is 0 Å². The number of hydrogen-bond donors (Lipinski definition) is 1. The average molecular weight is 287 g/mol. The van der Waals surface area contributed by atoms with E-state index in [-0.39, 0.29) is 6.10 Å². The largest absolute Gasteiger partial charge is 0.371 e. The maximum Gasteiger partial charge on any atom is 0.0975 e. The average Bonchev–Trinajstić information content (AvgIpc) is 2.69. The summed E-state index contributed by atoms with van der Waals surface area (Å²) in [6.45, 7) is 6.51. The monoisotopic (exact) mass is 287 g/mol. The molecule has 1 aliphatic carbocycles. The van der Waals surface area contributed by atoms with Gasteiger partial charge in [-0.3, -0.25) is 0 Å². The zero-order valence-electron chi connectivity index (χ0n) is 13.5. The van der Waals surface area contributed by atoms with Crippen LogP contribution in [0.2, 0.25) is 0 Å². The van der Waals surface area contributed by atoms with Crippen LogP contribution < -0.4 is 5.32 Å². The molecule has 1 heterocycles. The molecule has 1 saturated carbocycles. The van der Waals surface area contributed by atoms with Gasteiger partial charge in [0, 0.05) is 18.0 Å². The second-order valence-electron chi connectivity index (χ2n) is 7.06. The summed E-state index contributed by atoms with van der Waals surface area (Å²) in [6, 6.07) is 9.37. The first-order valence-corrected chi connectivity index (χ1v) is 8.66. The van der Waals surface area contributed by atoms with Crippen LogP contribution >= 0.6 is 0 Å².